The van der Waals surface area contributed by atoms with Crippen molar-refractivity contribution in [3.63, 3.8) is 0 Å². The highest BCUT2D eigenvalue weighted by Gasteiger charge is 2.76. The predicted octanol–water partition coefficient (Wildman–Crippen LogP) is 2.20. The molecule has 12 aliphatic rings. The Balaban J connectivity index is 0.000000154. The van der Waals surface area contributed by atoms with Gasteiger partial charge in [0.2, 0.25) is 29.5 Å². The van der Waals surface area contributed by atoms with Gasteiger partial charge in [0.25, 0.3) is 0 Å². The number of Topliss-reactive ketones (excluding diaryl/α,β-unsaturated/α-hetero) is 1. The first-order valence-corrected chi connectivity index (χ1v) is 44.0. The highest BCUT2D eigenvalue weighted by Crippen LogP contribution is 2.69. The molecule has 16 rings (SSSR count). The summed E-state index contributed by atoms with van der Waals surface area (Å²) in [4.78, 5) is 152. The van der Waals surface area contributed by atoms with Crippen molar-refractivity contribution in [1.82, 2.24) is 51.3 Å². The van der Waals surface area contributed by atoms with Crippen molar-refractivity contribution in [1.29, 1.82) is 0 Å². The van der Waals surface area contributed by atoms with E-state index in [2.05, 4.69) is 70.4 Å². The molecule has 12 N–H and O–H groups in total. The second-order valence-corrected chi connectivity index (χ2v) is 36.5. The van der Waals surface area contributed by atoms with Crippen molar-refractivity contribution in [2.75, 3.05) is 60.4 Å². The molecule has 3 saturated heterocycles. The number of aliphatic hydroxyl groups is 6. The summed E-state index contributed by atoms with van der Waals surface area (Å²) in [5, 5.41) is 77.0. The SMILES string of the molecule is CC(=O)CC[C@H](NC(=O)[C@H](C)O)C(=O)O[C@@H](C)C(=O)OC1=CC[C@@]2(O)[C@H]3Cc4ccc(CO)c5c4[C@@]2(CCN3C)[C@H]1O5.CC(C)C(=O)NCCC(=O)OC1=CC[C@@]2(OC(=O)CCNC(=O)[C@H](C)O)[C@H]3Cc4ccc(CO)c5c4[C@@]2(CCN3C)[C@H]1O5.Cc1ccc2c3c1O[C@H]1C(OC(=O)[C@H](Cc4cnc[nH]4)NC(=O)CCNC(=O)C(C)C)=CC[C@@]4(O)[C@@H](C2)N(C)CC[C@]314. The van der Waals surface area contributed by atoms with Crippen LogP contribution in [0.2, 0.25) is 0 Å². The van der Waals surface area contributed by atoms with E-state index in [0.717, 1.165) is 52.1 Å². The number of piperidine rings is 3. The van der Waals surface area contributed by atoms with Crippen molar-refractivity contribution < 1.29 is 121 Å². The number of carbonyl (C=O) groups is 11. The zero-order chi connectivity index (χ0) is 91.5. The van der Waals surface area contributed by atoms with Crippen molar-refractivity contribution in [2.24, 2.45) is 11.8 Å². The average molecular weight is 1760 g/mol. The molecule has 1 aromatic heterocycles. The van der Waals surface area contributed by atoms with E-state index in [-0.39, 0.29) is 143 Å². The molecule has 5 amide bonds. The highest BCUT2D eigenvalue weighted by atomic mass is 16.6. The van der Waals surface area contributed by atoms with Crippen LogP contribution in [-0.2, 0) is 132 Å². The number of amides is 5. The lowest BCUT2D eigenvalue weighted by Gasteiger charge is -2.62. The Kier molecular flexibility index (Phi) is 26.7. The molecule has 3 spiro atoms. The van der Waals surface area contributed by atoms with Gasteiger partial charge < -0.3 is 115 Å². The molecule has 127 heavy (non-hydrogen) atoms. The van der Waals surface area contributed by atoms with Gasteiger partial charge in [-0.3, -0.25) is 38.5 Å². The van der Waals surface area contributed by atoms with Gasteiger partial charge in [0.05, 0.1) is 65.9 Å². The van der Waals surface area contributed by atoms with Crippen molar-refractivity contribution in [2.45, 2.75) is 272 Å². The fourth-order valence-electron chi connectivity index (χ4n) is 21.5. The Hall–Kier alpha value is -10.5. The number of aromatic nitrogens is 2. The van der Waals surface area contributed by atoms with E-state index in [9.17, 15) is 83.4 Å². The van der Waals surface area contributed by atoms with Crippen LogP contribution in [0.4, 0.5) is 0 Å². The quantitative estimate of drug-likeness (QED) is 0.0263. The number of nitrogens with one attached hydrogen (secondary N) is 6. The molecule has 3 aromatic carbocycles. The largest absolute Gasteiger partial charge is 0.481 e. The zero-order valence-corrected chi connectivity index (χ0v) is 73.8. The maximum Gasteiger partial charge on any atom is 0.352 e. The van der Waals surface area contributed by atoms with E-state index in [0.29, 0.717) is 91.5 Å². The lowest BCUT2D eigenvalue weighted by molar-refractivity contribution is -0.206. The molecule has 0 radical (unpaired) electrons. The minimum absolute atomic E-state index is 0.00856. The summed E-state index contributed by atoms with van der Waals surface area (Å²) in [6.45, 7) is 16.3. The standard InChI is InChI=1S/C31H39N5O6.C31H41N3O9.C30H38N2O10/c1-17(2)28(38)33-11-8-24(37)35-21(14-20-15-32-16-34-20)29(39)41-22-7-9-31(40)23-13-19-6-5-18(3)26-25(19)30(31,27(22)42-26)10-12-36(23)4;1-17(2)28(39)32-12-8-23(37)41-21-7-10-31(43-24(38)9-13-33-29(40)18(3)36)22-15-19-5-6-20(16-35)26-25(19)30(31,27(21)42-26)11-14-34(22)4;1-15(34)5-8-20(31-26(36)16(2)35)28(38)40-17(3)27(37)41-21-9-10-30(39)22-13-18-6-7-19(14-33)24-23(18)29(30,25(21)42-24)11-12-32(22)4/h5-7,15-17,21,23,27,40H,8-14H2,1-4H3,(H,32,34)(H,33,38)(H,35,37);5-7,17-18,22,27,35-36H,8-16H2,1-4H3,(H,32,39)(H,33,40);6-7,9,16-17,20,22,25,33,35,39H,5,8,10-14H2,1-4H3,(H,31,36)/t21-,23+,27-,30-,31+;18-,22+,27-,30-,31+;16-,17-,20-,22+,25-,29-,30+/m000/s1. The smallest absolute Gasteiger partial charge is 0.352 e. The number of aromatic amines is 1. The summed E-state index contributed by atoms with van der Waals surface area (Å²) in [5.41, 5.74) is 2.99. The van der Waals surface area contributed by atoms with Gasteiger partial charge in [0.1, 0.15) is 70.2 Å². The summed E-state index contributed by atoms with van der Waals surface area (Å²) < 4.78 is 49.2. The molecule has 0 saturated carbocycles. The Morgan fingerprint density at radius 2 is 1.00 bits per heavy atom. The molecule has 6 aliphatic heterocycles. The Labute approximate surface area is 735 Å². The zero-order valence-electron chi connectivity index (χ0n) is 73.8. The minimum atomic E-state index is -1.39. The third kappa shape index (κ3) is 16.5. The van der Waals surface area contributed by atoms with E-state index < -0.39 is 123 Å². The van der Waals surface area contributed by atoms with E-state index in [1.54, 1.807) is 52.1 Å². The summed E-state index contributed by atoms with van der Waals surface area (Å²) in [6, 6.07) is 9.06. The van der Waals surface area contributed by atoms with Crippen LogP contribution >= 0.6 is 0 Å². The van der Waals surface area contributed by atoms with Crippen LogP contribution in [0.15, 0.2) is 84.4 Å². The predicted molar refractivity (Wildman–Crippen MR) is 451 cm³/mol. The number of H-pyrrole nitrogens is 1. The lowest BCUT2D eigenvalue weighted by Crippen LogP contribution is -2.75. The molecular weight excluding hydrogens is 1650 g/mol. The topological polar surface area (TPSA) is 482 Å². The number of rotatable bonds is 30. The van der Waals surface area contributed by atoms with Gasteiger partial charge in [-0.25, -0.2) is 19.4 Å². The van der Waals surface area contributed by atoms with Gasteiger partial charge in [-0.1, -0.05) is 64.1 Å². The highest BCUT2D eigenvalue weighted by molar-refractivity contribution is 5.90. The summed E-state index contributed by atoms with van der Waals surface area (Å²) >= 11 is 0. The van der Waals surface area contributed by atoms with Crippen molar-refractivity contribution in [3.05, 3.63) is 140 Å². The molecule has 6 bridgehead atoms. The molecule has 17 atom stereocenters. The van der Waals surface area contributed by atoms with E-state index in [4.69, 9.17) is 37.9 Å². The number of imidazole rings is 1. The van der Waals surface area contributed by atoms with Gasteiger partial charge >= 0.3 is 29.8 Å². The first-order valence-electron chi connectivity index (χ1n) is 44.0. The summed E-state index contributed by atoms with van der Waals surface area (Å²) in [7, 11) is 6.03. The van der Waals surface area contributed by atoms with E-state index in [1.165, 1.54) is 39.6 Å². The normalized spacial score (nSPS) is 28.2. The fourth-order valence-corrected chi connectivity index (χ4v) is 21.5. The molecule has 35 heteroatoms. The average Bonchev–Trinajstić information content (AvgIpc) is 1.56. The first kappa shape index (κ1) is 92.7. The first-order chi connectivity index (χ1) is 60.3. The minimum Gasteiger partial charge on any atom is -0.481 e. The molecule has 3 fully saturated rings. The third-order valence-electron chi connectivity index (χ3n) is 28.1. The number of esters is 5. The molecule has 35 nitrogen and oxygen atoms in total. The van der Waals surface area contributed by atoms with Crippen LogP contribution in [0.5, 0.6) is 17.2 Å². The number of aryl methyl sites for hydroxylation is 1. The second kappa shape index (κ2) is 36.6. The van der Waals surface area contributed by atoms with Crippen LogP contribution in [0, 0.1) is 18.8 Å². The number of hydrogen-bond acceptors (Lipinski definition) is 29. The molecule has 0 unspecified atom stereocenters. The van der Waals surface area contributed by atoms with Crippen LogP contribution in [-0.4, -0.2) is 265 Å². The maximum atomic E-state index is 13.7. The van der Waals surface area contributed by atoms with Crippen LogP contribution in [0.25, 0.3) is 0 Å². The van der Waals surface area contributed by atoms with Gasteiger partial charge in [-0.2, -0.15) is 0 Å². The van der Waals surface area contributed by atoms with Crippen molar-refractivity contribution >= 4 is 65.2 Å². The van der Waals surface area contributed by atoms with Gasteiger partial charge in [-0.05, 0) is 161 Å². The second-order valence-electron chi connectivity index (χ2n) is 36.5. The molecule has 7 heterocycles. The van der Waals surface area contributed by atoms with Crippen molar-refractivity contribution in [3.8, 4) is 17.2 Å². The number of carbonyl (C=O) groups excluding carboxylic acids is 11. The summed E-state index contributed by atoms with van der Waals surface area (Å²) in [5.74, 6) is -3.48. The van der Waals surface area contributed by atoms with Crippen LogP contribution in [0.3, 0.4) is 0 Å². The molecule has 4 aromatic rings. The number of benzene rings is 3. The molecule has 6 aliphatic carbocycles. The van der Waals surface area contributed by atoms with E-state index in [1.807, 2.05) is 45.3 Å². The number of nitrogens with zero attached hydrogens (tertiary/aromatic N) is 4. The third-order valence-corrected chi connectivity index (χ3v) is 28.1. The number of ether oxygens (including phenoxy) is 8. The number of likely N-dealkylation sites (tertiary alicyclic amines) is 3. The molecular formula is C92H118N10O25. The van der Waals surface area contributed by atoms with Gasteiger partial charge in [0, 0.05) is 122 Å². The number of likely N-dealkylation sites (N-methyl/N-ethyl adjacent to an activating group) is 3. The monoisotopic (exact) mass is 1760 g/mol. The Morgan fingerprint density at radius 1 is 0.535 bits per heavy atom. The Morgan fingerprint density at radius 3 is 1.53 bits per heavy atom. The number of ketones is 1. The molecule has 686 valence electrons. The lowest BCUT2D eigenvalue weighted by atomic mass is 9.50. The number of hydrogen-bond donors (Lipinski definition) is 12. The van der Waals surface area contributed by atoms with Gasteiger partial charge in [-0.15, -0.1) is 0 Å². The van der Waals surface area contributed by atoms with Crippen LogP contribution < -0.4 is 40.8 Å². The summed E-state index contributed by atoms with van der Waals surface area (Å²) in [6.07, 6.45) is 6.47. The van der Waals surface area contributed by atoms with E-state index >= 15 is 0 Å². The Bertz CT molecular complexity index is 5100. The maximum absolute atomic E-state index is 13.7. The number of aliphatic hydroxyl groups excluding tert-OH is 4. The van der Waals surface area contributed by atoms with Crippen LogP contribution in [0.1, 0.15) is 182 Å². The van der Waals surface area contributed by atoms with Gasteiger partial charge in [0.15, 0.2) is 24.4 Å². The fraction of sp³-hybridized carbons (Fsp3) is 0.587.